The third-order valence-electron chi connectivity index (χ3n) is 2.40. The highest BCUT2D eigenvalue weighted by molar-refractivity contribution is 6.18. The first-order valence-corrected chi connectivity index (χ1v) is 5.31. The number of aliphatic hydroxyl groups is 1. The van der Waals surface area contributed by atoms with Crippen molar-refractivity contribution in [2.24, 2.45) is 0 Å². The first kappa shape index (κ1) is 10.8. The molecule has 0 aliphatic heterocycles. The Morgan fingerprint density at radius 2 is 2.15 bits per heavy atom. The van der Waals surface area contributed by atoms with E-state index >= 15 is 0 Å². The molecule has 0 unspecified atom stereocenters. The molecule has 0 aromatic rings. The minimum Gasteiger partial charge on any atom is -0.391 e. The van der Waals surface area contributed by atoms with Gasteiger partial charge in [-0.25, -0.2) is 0 Å². The monoisotopic (exact) mass is 205 g/mol. The van der Waals surface area contributed by atoms with Crippen LogP contribution in [0.2, 0.25) is 0 Å². The van der Waals surface area contributed by atoms with Gasteiger partial charge in [0.2, 0.25) is 5.91 Å². The fourth-order valence-electron chi connectivity index (χ4n) is 1.64. The van der Waals surface area contributed by atoms with Gasteiger partial charge in [-0.1, -0.05) is 12.8 Å². The predicted molar refractivity (Wildman–Crippen MR) is 51.7 cm³/mol. The van der Waals surface area contributed by atoms with E-state index < -0.39 is 0 Å². The van der Waals surface area contributed by atoms with E-state index in [1.54, 1.807) is 0 Å². The fourth-order valence-corrected chi connectivity index (χ4v) is 1.82. The summed E-state index contributed by atoms with van der Waals surface area (Å²) < 4.78 is 0. The van der Waals surface area contributed by atoms with Crippen LogP contribution >= 0.6 is 11.6 Å². The molecule has 0 radical (unpaired) electrons. The van der Waals surface area contributed by atoms with Gasteiger partial charge in [-0.2, -0.15) is 0 Å². The van der Waals surface area contributed by atoms with Gasteiger partial charge in [0.05, 0.1) is 12.1 Å². The Labute approximate surface area is 83.5 Å². The van der Waals surface area contributed by atoms with Crippen LogP contribution in [0, 0.1) is 0 Å². The zero-order valence-corrected chi connectivity index (χ0v) is 8.39. The highest BCUT2D eigenvalue weighted by Crippen LogP contribution is 2.18. The quantitative estimate of drug-likeness (QED) is 0.677. The maximum atomic E-state index is 11.2. The molecule has 1 amide bonds. The topological polar surface area (TPSA) is 49.3 Å². The van der Waals surface area contributed by atoms with Crippen LogP contribution < -0.4 is 5.32 Å². The average Bonchev–Trinajstić information content (AvgIpc) is 2.09. The van der Waals surface area contributed by atoms with Crippen molar-refractivity contribution in [1.29, 1.82) is 0 Å². The van der Waals surface area contributed by atoms with E-state index in [0.717, 1.165) is 25.7 Å². The molecule has 0 saturated heterocycles. The Hall–Kier alpha value is -0.280. The van der Waals surface area contributed by atoms with Gasteiger partial charge in [-0.05, 0) is 12.8 Å². The first-order chi connectivity index (χ1) is 6.24. The molecule has 1 fully saturated rings. The van der Waals surface area contributed by atoms with Gasteiger partial charge in [0.1, 0.15) is 0 Å². The van der Waals surface area contributed by atoms with Crippen molar-refractivity contribution < 1.29 is 9.90 Å². The van der Waals surface area contributed by atoms with E-state index in [9.17, 15) is 9.90 Å². The van der Waals surface area contributed by atoms with Crippen molar-refractivity contribution in [3.63, 3.8) is 0 Å². The standard InChI is InChI=1S/C9H16ClNO2/c10-6-5-9(13)11-7-3-1-2-4-8(7)12/h7-8,12H,1-6H2,(H,11,13)/t7-,8-/m1/s1. The highest BCUT2D eigenvalue weighted by atomic mass is 35.5. The third-order valence-corrected chi connectivity index (χ3v) is 2.59. The summed E-state index contributed by atoms with van der Waals surface area (Å²) >= 11 is 5.43. The molecule has 13 heavy (non-hydrogen) atoms. The molecule has 1 aliphatic carbocycles. The van der Waals surface area contributed by atoms with Gasteiger partial charge in [-0.3, -0.25) is 4.79 Å². The summed E-state index contributed by atoms with van der Waals surface area (Å²) in [4.78, 5) is 11.2. The molecule has 2 atom stereocenters. The van der Waals surface area contributed by atoms with Crippen molar-refractivity contribution in [3.8, 4) is 0 Å². The molecular formula is C9H16ClNO2. The van der Waals surface area contributed by atoms with E-state index in [-0.39, 0.29) is 18.1 Å². The number of alkyl halides is 1. The molecule has 2 N–H and O–H groups in total. The van der Waals surface area contributed by atoms with Crippen LogP contribution in [0.5, 0.6) is 0 Å². The summed E-state index contributed by atoms with van der Waals surface area (Å²) in [5.41, 5.74) is 0. The van der Waals surface area contributed by atoms with Gasteiger partial charge in [-0.15, -0.1) is 11.6 Å². The second kappa shape index (κ2) is 5.45. The van der Waals surface area contributed by atoms with Gasteiger partial charge in [0.25, 0.3) is 0 Å². The van der Waals surface area contributed by atoms with E-state index in [1.807, 2.05) is 0 Å². The van der Waals surface area contributed by atoms with Gasteiger partial charge < -0.3 is 10.4 Å². The molecule has 0 heterocycles. The van der Waals surface area contributed by atoms with Crippen LogP contribution in [0.25, 0.3) is 0 Å². The molecule has 0 aromatic heterocycles. The molecule has 0 bridgehead atoms. The second-order valence-corrected chi connectivity index (χ2v) is 3.84. The molecule has 76 valence electrons. The number of hydrogen-bond acceptors (Lipinski definition) is 2. The maximum Gasteiger partial charge on any atom is 0.221 e. The van der Waals surface area contributed by atoms with Crippen LogP contribution in [-0.2, 0) is 4.79 Å². The number of aliphatic hydroxyl groups excluding tert-OH is 1. The lowest BCUT2D eigenvalue weighted by atomic mass is 9.92. The van der Waals surface area contributed by atoms with Gasteiger partial charge in [0, 0.05) is 12.3 Å². The van der Waals surface area contributed by atoms with Gasteiger partial charge >= 0.3 is 0 Å². The summed E-state index contributed by atoms with van der Waals surface area (Å²) in [5.74, 6) is 0.287. The number of carbonyl (C=O) groups excluding carboxylic acids is 1. The van der Waals surface area contributed by atoms with Gasteiger partial charge in [0.15, 0.2) is 0 Å². The summed E-state index contributed by atoms with van der Waals surface area (Å²) in [5, 5.41) is 12.3. The zero-order chi connectivity index (χ0) is 9.68. The number of hydrogen-bond donors (Lipinski definition) is 2. The lowest BCUT2D eigenvalue weighted by molar-refractivity contribution is -0.122. The van der Waals surface area contributed by atoms with Crippen molar-refractivity contribution in [2.75, 3.05) is 5.88 Å². The number of nitrogens with one attached hydrogen (secondary N) is 1. The summed E-state index contributed by atoms with van der Waals surface area (Å²) in [6.07, 6.45) is 3.80. The Balaban J connectivity index is 2.29. The zero-order valence-electron chi connectivity index (χ0n) is 7.63. The molecular weight excluding hydrogens is 190 g/mol. The third kappa shape index (κ3) is 3.53. The molecule has 0 aromatic carbocycles. The minimum atomic E-state index is -0.368. The van der Waals surface area contributed by atoms with Crippen LogP contribution in [0.4, 0.5) is 0 Å². The summed E-state index contributed by atoms with van der Waals surface area (Å²) in [7, 11) is 0. The van der Waals surface area contributed by atoms with Crippen molar-refractivity contribution in [2.45, 2.75) is 44.2 Å². The normalized spacial score (nSPS) is 28.5. The van der Waals surface area contributed by atoms with Crippen LogP contribution in [-0.4, -0.2) is 29.0 Å². The highest BCUT2D eigenvalue weighted by Gasteiger charge is 2.23. The molecule has 1 rings (SSSR count). The molecule has 1 saturated carbocycles. The predicted octanol–water partition coefficient (Wildman–Crippen LogP) is 1.03. The second-order valence-electron chi connectivity index (χ2n) is 3.46. The Kier molecular flexibility index (Phi) is 4.53. The lowest BCUT2D eigenvalue weighted by Crippen LogP contribution is -2.45. The molecule has 0 spiro atoms. The van der Waals surface area contributed by atoms with E-state index in [1.165, 1.54) is 0 Å². The summed E-state index contributed by atoms with van der Waals surface area (Å²) in [6, 6.07) is -0.0514. The number of halogens is 1. The molecule has 1 aliphatic rings. The summed E-state index contributed by atoms with van der Waals surface area (Å²) in [6.45, 7) is 0. The van der Waals surface area contributed by atoms with Crippen LogP contribution in [0.1, 0.15) is 32.1 Å². The SMILES string of the molecule is O=C(CCCl)N[C@@H]1CCCC[C@H]1O. The smallest absolute Gasteiger partial charge is 0.221 e. The van der Waals surface area contributed by atoms with E-state index in [0.29, 0.717) is 12.3 Å². The van der Waals surface area contributed by atoms with Crippen LogP contribution in [0.15, 0.2) is 0 Å². The van der Waals surface area contributed by atoms with Crippen LogP contribution in [0.3, 0.4) is 0 Å². The van der Waals surface area contributed by atoms with Crippen molar-refractivity contribution in [3.05, 3.63) is 0 Å². The Morgan fingerprint density at radius 1 is 1.46 bits per heavy atom. The number of rotatable bonds is 3. The largest absolute Gasteiger partial charge is 0.391 e. The Bertz CT molecular complexity index is 175. The van der Waals surface area contributed by atoms with Crippen molar-refractivity contribution in [1.82, 2.24) is 5.32 Å². The van der Waals surface area contributed by atoms with E-state index in [2.05, 4.69) is 5.32 Å². The lowest BCUT2D eigenvalue weighted by Gasteiger charge is -2.28. The van der Waals surface area contributed by atoms with Crippen molar-refractivity contribution >= 4 is 17.5 Å². The fraction of sp³-hybridized carbons (Fsp3) is 0.889. The number of carbonyl (C=O) groups is 1. The van der Waals surface area contributed by atoms with E-state index in [4.69, 9.17) is 11.6 Å². The maximum absolute atomic E-state index is 11.2. The average molecular weight is 206 g/mol. The first-order valence-electron chi connectivity index (χ1n) is 4.77. The Morgan fingerprint density at radius 3 is 2.77 bits per heavy atom. The number of amides is 1. The molecule has 4 heteroatoms. The molecule has 3 nitrogen and oxygen atoms in total. The minimum absolute atomic E-state index is 0.0514.